The van der Waals surface area contributed by atoms with E-state index in [1.807, 2.05) is 6.07 Å². The van der Waals surface area contributed by atoms with Crippen molar-refractivity contribution >= 4 is 16.2 Å². The highest BCUT2D eigenvalue weighted by molar-refractivity contribution is 7.87. The molecule has 0 aliphatic carbocycles. The number of rotatable bonds is 3. The number of nitrogens with zero attached hydrogens (tertiary/aromatic N) is 2. The molecule has 8 heteroatoms. The molecule has 0 atom stereocenters. The minimum atomic E-state index is -4.19. The van der Waals surface area contributed by atoms with Gasteiger partial charge in [0.15, 0.2) is 5.69 Å². The minimum Gasteiger partial charge on any atom is -0.477 e. The van der Waals surface area contributed by atoms with Crippen molar-refractivity contribution in [1.82, 2.24) is 3.97 Å². The van der Waals surface area contributed by atoms with Crippen LogP contribution in [0.1, 0.15) is 16.1 Å². The maximum Gasteiger partial charge on any atom is 0.354 e. The molecular weight excluding hydrogens is 282 g/mol. The molecular formula is C12H9N3O4S. The van der Waals surface area contributed by atoms with Crippen molar-refractivity contribution in [2.45, 2.75) is 0 Å². The van der Waals surface area contributed by atoms with Gasteiger partial charge in [-0.3, -0.25) is 0 Å². The summed E-state index contributed by atoms with van der Waals surface area (Å²) in [6, 6.07) is 9.37. The van der Waals surface area contributed by atoms with Gasteiger partial charge in [-0.2, -0.15) is 13.7 Å². The number of benzene rings is 1. The first-order chi connectivity index (χ1) is 9.34. The molecule has 20 heavy (non-hydrogen) atoms. The highest BCUT2D eigenvalue weighted by atomic mass is 32.2. The van der Waals surface area contributed by atoms with Crippen LogP contribution in [0.3, 0.4) is 0 Å². The number of carbonyl (C=O) groups is 1. The normalized spacial score (nSPS) is 11.0. The maximum atomic E-state index is 11.3. The minimum absolute atomic E-state index is 0.205. The quantitative estimate of drug-likeness (QED) is 0.863. The number of aromatic carboxylic acids is 1. The van der Waals surface area contributed by atoms with E-state index in [1.165, 1.54) is 30.3 Å². The lowest BCUT2D eigenvalue weighted by Gasteiger charge is -2.05. The Bertz CT molecular complexity index is 813. The molecule has 0 aliphatic heterocycles. The lowest BCUT2D eigenvalue weighted by atomic mass is 10.0. The van der Waals surface area contributed by atoms with Crippen LogP contribution in [0, 0.1) is 11.3 Å². The summed E-state index contributed by atoms with van der Waals surface area (Å²) >= 11 is 0. The molecule has 2 aromatic rings. The Morgan fingerprint density at radius 3 is 2.30 bits per heavy atom. The van der Waals surface area contributed by atoms with Gasteiger partial charge >= 0.3 is 16.2 Å². The Morgan fingerprint density at radius 2 is 1.85 bits per heavy atom. The van der Waals surface area contributed by atoms with Gasteiger partial charge in [0.25, 0.3) is 0 Å². The molecule has 7 nitrogen and oxygen atoms in total. The fourth-order valence-corrected chi connectivity index (χ4v) is 2.45. The standard InChI is InChI=1S/C12H9N3O4S/c13-7-8-1-3-9(4-2-8)10-5-6-15(20(14,18)19)11(10)12(16)17/h1-6H,(H,16,17)(H2,14,18,19). The van der Waals surface area contributed by atoms with E-state index in [-0.39, 0.29) is 5.56 Å². The maximum absolute atomic E-state index is 11.3. The molecule has 0 bridgehead atoms. The van der Waals surface area contributed by atoms with E-state index in [0.717, 1.165) is 6.20 Å². The first-order valence-electron chi connectivity index (χ1n) is 5.33. The Hall–Kier alpha value is -2.63. The molecule has 0 spiro atoms. The molecule has 1 heterocycles. The van der Waals surface area contributed by atoms with Crippen LogP contribution in [0.2, 0.25) is 0 Å². The third-order valence-electron chi connectivity index (χ3n) is 2.65. The fourth-order valence-electron chi connectivity index (χ4n) is 1.79. The summed E-state index contributed by atoms with van der Waals surface area (Å²) in [5, 5.41) is 22.8. The van der Waals surface area contributed by atoms with Gasteiger partial charge in [0, 0.05) is 11.8 Å². The van der Waals surface area contributed by atoms with Crippen LogP contribution in [-0.4, -0.2) is 23.5 Å². The van der Waals surface area contributed by atoms with Crippen LogP contribution in [0.25, 0.3) is 11.1 Å². The molecule has 1 aromatic carbocycles. The first kappa shape index (κ1) is 13.8. The van der Waals surface area contributed by atoms with Crippen molar-refractivity contribution in [2.75, 3.05) is 0 Å². The predicted molar refractivity (Wildman–Crippen MR) is 70.0 cm³/mol. The molecule has 0 amide bonds. The fraction of sp³-hybridized carbons (Fsp3) is 0. The predicted octanol–water partition coefficient (Wildman–Crippen LogP) is 0.777. The van der Waals surface area contributed by atoms with Crippen LogP contribution in [0.5, 0.6) is 0 Å². The Balaban J connectivity index is 2.66. The van der Waals surface area contributed by atoms with E-state index >= 15 is 0 Å². The van der Waals surface area contributed by atoms with Crippen LogP contribution in [0.4, 0.5) is 0 Å². The topological polar surface area (TPSA) is 126 Å². The third kappa shape index (κ3) is 2.40. The zero-order valence-corrected chi connectivity index (χ0v) is 10.8. The number of carboxylic acids is 1. The van der Waals surface area contributed by atoms with Gasteiger partial charge in [-0.1, -0.05) is 12.1 Å². The SMILES string of the molecule is N#Cc1ccc(-c2ccn(S(N)(=O)=O)c2C(=O)O)cc1. The van der Waals surface area contributed by atoms with Gasteiger partial charge in [-0.05, 0) is 23.8 Å². The highest BCUT2D eigenvalue weighted by Crippen LogP contribution is 2.26. The second kappa shape index (κ2) is 4.80. The molecule has 1 aromatic heterocycles. The van der Waals surface area contributed by atoms with E-state index in [2.05, 4.69) is 0 Å². The van der Waals surface area contributed by atoms with Crippen molar-refractivity contribution in [3.8, 4) is 17.2 Å². The lowest BCUT2D eigenvalue weighted by molar-refractivity contribution is 0.0690. The number of nitriles is 1. The summed E-state index contributed by atoms with van der Waals surface area (Å²) in [6.07, 6.45) is 1.08. The zero-order valence-electron chi connectivity index (χ0n) is 10.0. The second-order valence-electron chi connectivity index (χ2n) is 3.91. The van der Waals surface area contributed by atoms with Crippen molar-refractivity contribution in [2.24, 2.45) is 5.14 Å². The van der Waals surface area contributed by atoms with Gasteiger partial charge in [0.2, 0.25) is 0 Å². The molecule has 0 radical (unpaired) electrons. The summed E-state index contributed by atoms with van der Waals surface area (Å²) in [6.45, 7) is 0. The van der Waals surface area contributed by atoms with Crippen LogP contribution in [-0.2, 0) is 10.2 Å². The van der Waals surface area contributed by atoms with E-state index < -0.39 is 21.9 Å². The third-order valence-corrected chi connectivity index (χ3v) is 3.51. The Labute approximate surface area is 114 Å². The summed E-state index contributed by atoms with van der Waals surface area (Å²) in [4.78, 5) is 11.3. The van der Waals surface area contributed by atoms with Gasteiger partial charge in [-0.15, -0.1) is 0 Å². The van der Waals surface area contributed by atoms with Crippen LogP contribution < -0.4 is 5.14 Å². The number of hydrogen-bond acceptors (Lipinski definition) is 4. The summed E-state index contributed by atoms with van der Waals surface area (Å²) < 4.78 is 23.2. The van der Waals surface area contributed by atoms with Crippen molar-refractivity contribution in [3.63, 3.8) is 0 Å². The molecule has 0 unspecified atom stereocenters. The van der Waals surface area contributed by atoms with Crippen LogP contribution >= 0.6 is 0 Å². The molecule has 3 N–H and O–H groups in total. The van der Waals surface area contributed by atoms with Crippen molar-refractivity contribution < 1.29 is 18.3 Å². The lowest BCUT2D eigenvalue weighted by Crippen LogP contribution is -2.24. The molecule has 0 saturated heterocycles. The number of carboxylic acid groups (broad SMARTS) is 1. The van der Waals surface area contributed by atoms with Crippen molar-refractivity contribution in [1.29, 1.82) is 5.26 Å². The number of nitrogens with two attached hydrogens (primary N) is 1. The average molecular weight is 291 g/mol. The summed E-state index contributed by atoms with van der Waals surface area (Å²) in [5.41, 5.74) is 0.647. The largest absolute Gasteiger partial charge is 0.477 e. The average Bonchev–Trinajstić information content (AvgIpc) is 2.83. The van der Waals surface area contributed by atoms with Crippen LogP contribution in [0.15, 0.2) is 36.5 Å². The monoisotopic (exact) mass is 291 g/mol. The second-order valence-corrected chi connectivity index (χ2v) is 5.34. The molecule has 0 aliphatic rings. The van der Waals surface area contributed by atoms with E-state index in [4.69, 9.17) is 15.5 Å². The van der Waals surface area contributed by atoms with Gasteiger partial charge < -0.3 is 5.11 Å². The Kier molecular flexibility index (Phi) is 3.31. The highest BCUT2D eigenvalue weighted by Gasteiger charge is 2.22. The summed E-state index contributed by atoms with van der Waals surface area (Å²) in [7, 11) is -4.19. The van der Waals surface area contributed by atoms with Gasteiger partial charge in [0.1, 0.15) is 0 Å². The van der Waals surface area contributed by atoms with E-state index in [1.54, 1.807) is 0 Å². The molecule has 2 rings (SSSR count). The first-order valence-corrected chi connectivity index (χ1v) is 6.83. The van der Waals surface area contributed by atoms with Gasteiger partial charge in [0.05, 0.1) is 11.6 Å². The van der Waals surface area contributed by atoms with Crippen molar-refractivity contribution in [3.05, 3.63) is 47.8 Å². The van der Waals surface area contributed by atoms with E-state index in [0.29, 0.717) is 15.1 Å². The number of hydrogen-bond donors (Lipinski definition) is 2. The zero-order chi connectivity index (χ0) is 14.9. The van der Waals surface area contributed by atoms with Gasteiger partial charge in [-0.25, -0.2) is 13.9 Å². The smallest absolute Gasteiger partial charge is 0.354 e. The summed E-state index contributed by atoms with van der Waals surface area (Å²) in [5.74, 6) is -1.41. The molecule has 0 fully saturated rings. The molecule has 0 saturated carbocycles. The number of aromatic nitrogens is 1. The molecule has 102 valence electrons. The Morgan fingerprint density at radius 1 is 1.25 bits per heavy atom. The van der Waals surface area contributed by atoms with E-state index in [9.17, 15) is 13.2 Å².